The van der Waals surface area contributed by atoms with Crippen molar-refractivity contribution in [2.24, 2.45) is 21.7 Å². The molecule has 0 aliphatic heterocycles. The summed E-state index contributed by atoms with van der Waals surface area (Å²) in [5, 5.41) is 18.5. The van der Waals surface area contributed by atoms with Gasteiger partial charge in [-0.3, -0.25) is 0 Å². The molecule has 2 N–H and O–H groups in total. The van der Waals surface area contributed by atoms with Crippen molar-refractivity contribution in [2.45, 2.75) is 77.0 Å². The average molecular weight is 402 g/mol. The predicted octanol–water partition coefficient (Wildman–Crippen LogP) is 3.48. The van der Waals surface area contributed by atoms with Crippen LogP contribution in [0.3, 0.4) is 0 Å². The molecule has 0 aromatic heterocycles. The van der Waals surface area contributed by atoms with Gasteiger partial charge in [0.15, 0.2) is 0 Å². The van der Waals surface area contributed by atoms with Crippen molar-refractivity contribution in [3.05, 3.63) is 7.43 Å². The Morgan fingerprint density at radius 1 is 0.577 bits per heavy atom. The monoisotopic (exact) mass is 402 g/mol. The van der Waals surface area contributed by atoms with Crippen molar-refractivity contribution in [3.63, 3.8) is 0 Å². The standard InChI is InChI=1S/C10H18O2.C10H14O2.CH3.V/c2*11-7-9-1-2-10(8-12,5-3-9)6-4-9;;/h11-12H,1-8H2;7-8H,1-6H2;1H3;/q;;-1;. The molecule has 26 heavy (non-hydrogen) atoms. The van der Waals surface area contributed by atoms with Crippen LogP contribution in [0.4, 0.5) is 0 Å². The van der Waals surface area contributed by atoms with Crippen LogP contribution in [-0.2, 0) is 28.1 Å². The van der Waals surface area contributed by atoms with E-state index in [0.717, 1.165) is 89.6 Å². The molecule has 4 nitrogen and oxygen atoms in total. The van der Waals surface area contributed by atoms with Crippen LogP contribution in [0.15, 0.2) is 0 Å². The van der Waals surface area contributed by atoms with E-state index in [-0.39, 0.29) is 47.6 Å². The molecule has 0 atom stereocenters. The molecular weight excluding hydrogens is 367 g/mol. The number of fused-ring (bicyclic) bond motifs is 6. The fraction of sp³-hybridized carbons (Fsp3) is 0.857. The van der Waals surface area contributed by atoms with Crippen LogP contribution >= 0.6 is 0 Å². The third-order valence-electron chi connectivity index (χ3n) is 8.09. The summed E-state index contributed by atoms with van der Waals surface area (Å²) in [6.07, 6.45) is 14.7. The minimum Gasteiger partial charge on any atom is -0.396 e. The fourth-order valence-corrected chi connectivity index (χ4v) is 5.41. The van der Waals surface area contributed by atoms with E-state index < -0.39 is 0 Å². The van der Waals surface area contributed by atoms with Crippen LogP contribution in [0.25, 0.3) is 0 Å². The van der Waals surface area contributed by atoms with Gasteiger partial charge in [-0.25, -0.2) is 0 Å². The summed E-state index contributed by atoms with van der Waals surface area (Å²) in [5.41, 5.74) is 0.420. The van der Waals surface area contributed by atoms with Crippen molar-refractivity contribution in [3.8, 4) is 0 Å². The van der Waals surface area contributed by atoms with Gasteiger partial charge in [-0.2, -0.15) is 0 Å². The quantitative estimate of drug-likeness (QED) is 0.558. The van der Waals surface area contributed by atoms with Gasteiger partial charge < -0.3 is 27.2 Å². The molecule has 1 radical (unpaired) electrons. The van der Waals surface area contributed by atoms with E-state index >= 15 is 0 Å². The molecule has 149 valence electrons. The van der Waals surface area contributed by atoms with E-state index in [4.69, 9.17) is 0 Å². The third-order valence-corrected chi connectivity index (χ3v) is 8.09. The Balaban J connectivity index is 0.000000241. The molecule has 6 rings (SSSR count). The number of carbonyl (C=O) groups is 2. The van der Waals surface area contributed by atoms with E-state index in [9.17, 15) is 19.8 Å². The topological polar surface area (TPSA) is 74.6 Å². The van der Waals surface area contributed by atoms with Crippen LogP contribution in [0.5, 0.6) is 0 Å². The van der Waals surface area contributed by atoms with Gasteiger partial charge in [-0.15, -0.1) is 0 Å². The first kappa shape index (κ1) is 23.9. The van der Waals surface area contributed by atoms with Crippen LogP contribution in [0.1, 0.15) is 77.0 Å². The molecule has 6 saturated carbocycles. The SMILES string of the molecule is O=CC12CCC(C=O)(CC1)CC2.OCC12CCC(CO)(CC1)CC2.[CH3-].[V]. The molecule has 6 fully saturated rings. The molecule has 0 saturated heterocycles. The summed E-state index contributed by atoms with van der Waals surface area (Å²) in [5.74, 6) is 0. The van der Waals surface area contributed by atoms with Gasteiger partial charge in [0, 0.05) is 42.6 Å². The maximum absolute atomic E-state index is 10.8. The molecule has 6 aliphatic carbocycles. The summed E-state index contributed by atoms with van der Waals surface area (Å²) in [6, 6.07) is 0. The molecule has 0 aromatic carbocycles. The minimum atomic E-state index is -0.0369. The number of carbonyl (C=O) groups excluding carboxylic acids is 2. The van der Waals surface area contributed by atoms with E-state index in [1.807, 2.05) is 0 Å². The number of rotatable bonds is 4. The first-order chi connectivity index (χ1) is 11.5. The van der Waals surface area contributed by atoms with E-state index in [1.165, 1.54) is 0 Å². The number of hydrogen-bond donors (Lipinski definition) is 2. The zero-order valence-corrected chi connectivity index (χ0v) is 17.6. The largest absolute Gasteiger partial charge is 0.396 e. The second-order valence-corrected chi connectivity index (χ2v) is 9.28. The molecule has 0 spiro atoms. The number of hydrogen-bond acceptors (Lipinski definition) is 4. The first-order valence-electron chi connectivity index (χ1n) is 9.63. The maximum atomic E-state index is 10.8. The van der Waals surface area contributed by atoms with Crippen LogP contribution < -0.4 is 0 Å². The van der Waals surface area contributed by atoms with Gasteiger partial charge >= 0.3 is 0 Å². The molecule has 4 bridgehead atoms. The Bertz CT molecular complexity index is 397. The molecule has 0 unspecified atom stereocenters. The zero-order valence-electron chi connectivity index (χ0n) is 16.2. The number of aldehydes is 2. The van der Waals surface area contributed by atoms with Gasteiger partial charge in [0.25, 0.3) is 0 Å². The van der Waals surface area contributed by atoms with E-state index in [2.05, 4.69) is 0 Å². The summed E-state index contributed by atoms with van der Waals surface area (Å²) in [7, 11) is 0. The van der Waals surface area contributed by atoms with Crippen molar-refractivity contribution in [1.29, 1.82) is 0 Å². The van der Waals surface area contributed by atoms with Crippen LogP contribution in [0, 0.1) is 29.1 Å². The molecule has 0 aromatic rings. The molecular formula is C21H35O4V-. The molecule has 0 amide bonds. The van der Waals surface area contributed by atoms with Crippen molar-refractivity contribution < 1.29 is 38.4 Å². The Morgan fingerprint density at radius 2 is 0.808 bits per heavy atom. The zero-order chi connectivity index (χ0) is 17.3. The van der Waals surface area contributed by atoms with Crippen LogP contribution in [0.2, 0.25) is 0 Å². The van der Waals surface area contributed by atoms with Crippen molar-refractivity contribution in [1.82, 2.24) is 0 Å². The Kier molecular flexibility index (Phi) is 8.17. The molecule has 5 heteroatoms. The Morgan fingerprint density at radius 3 is 0.962 bits per heavy atom. The first-order valence-corrected chi connectivity index (χ1v) is 9.63. The fourth-order valence-electron chi connectivity index (χ4n) is 5.41. The second-order valence-electron chi connectivity index (χ2n) is 9.28. The van der Waals surface area contributed by atoms with Crippen LogP contribution in [-0.4, -0.2) is 36.0 Å². The van der Waals surface area contributed by atoms with Gasteiger partial charge in [0.05, 0.1) is 0 Å². The number of aliphatic hydroxyl groups is 2. The molecule has 6 aliphatic rings. The summed E-state index contributed by atoms with van der Waals surface area (Å²) < 4.78 is 0. The van der Waals surface area contributed by atoms with Gasteiger partial charge in [-0.05, 0) is 87.9 Å². The summed E-state index contributed by atoms with van der Waals surface area (Å²) in [4.78, 5) is 21.7. The Hall–Kier alpha value is -0.156. The number of aliphatic hydroxyl groups excluding tert-OH is 2. The smallest absolute Gasteiger partial charge is 0.126 e. The predicted molar refractivity (Wildman–Crippen MR) is 97.8 cm³/mol. The van der Waals surface area contributed by atoms with E-state index in [0.29, 0.717) is 13.2 Å². The Labute approximate surface area is 170 Å². The van der Waals surface area contributed by atoms with Crippen molar-refractivity contribution >= 4 is 12.6 Å². The normalized spacial score (nSPS) is 42.5. The minimum absolute atomic E-state index is 0. The van der Waals surface area contributed by atoms with E-state index in [1.54, 1.807) is 0 Å². The molecule has 0 heterocycles. The summed E-state index contributed by atoms with van der Waals surface area (Å²) >= 11 is 0. The maximum Gasteiger partial charge on any atom is 0.126 e. The van der Waals surface area contributed by atoms with Crippen molar-refractivity contribution in [2.75, 3.05) is 13.2 Å². The van der Waals surface area contributed by atoms with Gasteiger partial charge in [-0.1, -0.05) is 0 Å². The summed E-state index contributed by atoms with van der Waals surface area (Å²) in [6.45, 7) is 0.711. The average Bonchev–Trinajstić information content (AvgIpc) is 2.71. The second kappa shape index (κ2) is 8.90. The van der Waals surface area contributed by atoms with Gasteiger partial charge in [0.1, 0.15) is 12.6 Å². The van der Waals surface area contributed by atoms with Gasteiger partial charge in [0.2, 0.25) is 0 Å². The third kappa shape index (κ3) is 4.29.